The molecular formula is C17H23NO3. The first-order valence-corrected chi connectivity index (χ1v) is 7.30. The van der Waals surface area contributed by atoms with Crippen molar-refractivity contribution in [2.75, 3.05) is 5.32 Å². The molecule has 0 saturated heterocycles. The van der Waals surface area contributed by atoms with Crippen molar-refractivity contribution in [2.45, 2.75) is 40.5 Å². The van der Waals surface area contributed by atoms with Crippen LogP contribution in [0.1, 0.15) is 39.2 Å². The number of hydrogen-bond acceptors (Lipinski definition) is 2. The quantitative estimate of drug-likeness (QED) is 0.895. The lowest BCUT2D eigenvalue weighted by Crippen LogP contribution is -2.43. The van der Waals surface area contributed by atoms with Gasteiger partial charge in [0.25, 0.3) is 0 Å². The van der Waals surface area contributed by atoms with Gasteiger partial charge in [-0.25, -0.2) is 0 Å². The molecule has 1 aromatic carbocycles. The normalized spacial score (nSPS) is 27.3. The zero-order chi connectivity index (χ0) is 15.8. The maximum absolute atomic E-state index is 12.6. The average Bonchev–Trinajstić information content (AvgIpc) is 2.64. The van der Waals surface area contributed by atoms with Crippen LogP contribution in [0.25, 0.3) is 0 Å². The lowest BCUT2D eigenvalue weighted by molar-refractivity contribution is -0.154. The van der Waals surface area contributed by atoms with E-state index in [1.54, 1.807) is 6.92 Å². The Morgan fingerprint density at radius 3 is 2.38 bits per heavy atom. The molecule has 0 bridgehead atoms. The van der Waals surface area contributed by atoms with Crippen LogP contribution in [0.15, 0.2) is 24.3 Å². The van der Waals surface area contributed by atoms with Gasteiger partial charge in [0, 0.05) is 11.6 Å². The van der Waals surface area contributed by atoms with Gasteiger partial charge in [-0.15, -0.1) is 0 Å². The molecule has 0 aliphatic heterocycles. The number of benzene rings is 1. The fourth-order valence-electron chi connectivity index (χ4n) is 3.27. The van der Waals surface area contributed by atoms with Gasteiger partial charge >= 0.3 is 5.97 Å². The Balaban J connectivity index is 2.22. The molecule has 1 saturated carbocycles. The summed E-state index contributed by atoms with van der Waals surface area (Å²) < 4.78 is 0. The van der Waals surface area contributed by atoms with Gasteiger partial charge in [0.1, 0.15) is 0 Å². The standard InChI is InChI=1S/C17H23NO3/c1-11-7-5-6-8-13(11)18-14(19)12-9-10-17(4,15(20)21)16(12,2)3/h5-8,12H,9-10H2,1-4H3,(H,18,19)(H,20,21)/t12-,17+/m1/s1. The van der Waals surface area contributed by atoms with Crippen LogP contribution in [-0.2, 0) is 9.59 Å². The molecule has 1 aliphatic rings. The molecule has 2 N–H and O–H groups in total. The van der Waals surface area contributed by atoms with Crippen LogP contribution < -0.4 is 5.32 Å². The SMILES string of the molecule is Cc1ccccc1NC(=O)[C@H]1CC[C@@](C)(C(=O)O)C1(C)C. The highest BCUT2D eigenvalue weighted by Crippen LogP contribution is 2.56. The number of carbonyl (C=O) groups excluding carboxylic acids is 1. The van der Waals surface area contributed by atoms with E-state index >= 15 is 0 Å². The summed E-state index contributed by atoms with van der Waals surface area (Å²) in [6.45, 7) is 7.46. The number of hydrogen-bond donors (Lipinski definition) is 2. The van der Waals surface area contributed by atoms with Crippen LogP contribution in [0, 0.1) is 23.7 Å². The molecule has 1 fully saturated rings. The van der Waals surface area contributed by atoms with Crippen molar-refractivity contribution in [3.05, 3.63) is 29.8 Å². The van der Waals surface area contributed by atoms with Crippen molar-refractivity contribution in [1.29, 1.82) is 0 Å². The zero-order valence-electron chi connectivity index (χ0n) is 13.1. The molecule has 4 heteroatoms. The van der Waals surface area contributed by atoms with E-state index in [4.69, 9.17) is 0 Å². The number of aliphatic carboxylic acids is 1. The topological polar surface area (TPSA) is 66.4 Å². The summed E-state index contributed by atoms with van der Waals surface area (Å²) in [6.07, 6.45) is 1.13. The van der Waals surface area contributed by atoms with Gasteiger partial charge in [-0.1, -0.05) is 32.0 Å². The number of anilines is 1. The van der Waals surface area contributed by atoms with Gasteiger partial charge in [0.15, 0.2) is 0 Å². The minimum Gasteiger partial charge on any atom is -0.481 e. The lowest BCUT2D eigenvalue weighted by Gasteiger charge is -2.37. The summed E-state index contributed by atoms with van der Waals surface area (Å²) in [4.78, 5) is 24.2. The lowest BCUT2D eigenvalue weighted by atomic mass is 9.65. The number of para-hydroxylation sites is 1. The van der Waals surface area contributed by atoms with E-state index in [-0.39, 0.29) is 11.8 Å². The summed E-state index contributed by atoms with van der Waals surface area (Å²) >= 11 is 0. The third-order valence-corrected chi connectivity index (χ3v) is 5.42. The summed E-state index contributed by atoms with van der Waals surface area (Å²) in [7, 11) is 0. The van der Waals surface area contributed by atoms with Gasteiger partial charge in [-0.2, -0.15) is 0 Å². The van der Waals surface area contributed by atoms with E-state index < -0.39 is 16.8 Å². The van der Waals surface area contributed by atoms with Crippen LogP contribution >= 0.6 is 0 Å². The van der Waals surface area contributed by atoms with Gasteiger partial charge in [0.2, 0.25) is 5.91 Å². The molecule has 0 spiro atoms. The Bertz CT molecular complexity index is 579. The number of aryl methyl sites for hydroxylation is 1. The fourth-order valence-corrected chi connectivity index (χ4v) is 3.27. The smallest absolute Gasteiger partial charge is 0.309 e. The van der Waals surface area contributed by atoms with Crippen molar-refractivity contribution in [1.82, 2.24) is 0 Å². The van der Waals surface area contributed by atoms with E-state index in [1.807, 2.05) is 45.0 Å². The Morgan fingerprint density at radius 2 is 1.86 bits per heavy atom. The highest BCUT2D eigenvalue weighted by Gasteiger charge is 2.58. The van der Waals surface area contributed by atoms with Crippen LogP contribution in [-0.4, -0.2) is 17.0 Å². The van der Waals surface area contributed by atoms with Crippen molar-refractivity contribution in [2.24, 2.45) is 16.7 Å². The molecule has 2 atom stereocenters. The van der Waals surface area contributed by atoms with Gasteiger partial charge in [0.05, 0.1) is 5.41 Å². The van der Waals surface area contributed by atoms with E-state index in [0.29, 0.717) is 12.8 Å². The number of nitrogens with one attached hydrogen (secondary N) is 1. The highest BCUT2D eigenvalue weighted by molar-refractivity contribution is 5.95. The maximum atomic E-state index is 12.6. The molecule has 4 nitrogen and oxygen atoms in total. The Labute approximate surface area is 125 Å². The van der Waals surface area contributed by atoms with Gasteiger partial charge in [-0.05, 0) is 43.7 Å². The van der Waals surface area contributed by atoms with Gasteiger partial charge in [-0.3, -0.25) is 9.59 Å². The number of rotatable bonds is 3. The molecule has 2 rings (SSSR count). The third kappa shape index (κ3) is 2.43. The van der Waals surface area contributed by atoms with E-state index in [9.17, 15) is 14.7 Å². The first kappa shape index (κ1) is 15.5. The molecule has 0 unspecified atom stereocenters. The van der Waals surface area contributed by atoms with Crippen molar-refractivity contribution in [3.63, 3.8) is 0 Å². The van der Waals surface area contributed by atoms with Crippen LogP contribution in [0.2, 0.25) is 0 Å². The molecule has 21 heavy (non-hydrogen) atoms. The van der Waals surface area contributed by atoms with Gasteiger partial charge < -0.3 is 10.4 Å². The fraction of sp³-hybridized carbons (Fsp3) is 0.529. The molecule has 0 heterocycles. The molecule has 114 valence electrons. The molecule has 0 aromatic heterocycles. The summed E-state index contributed by atoms with van der Waals surface area (Å²) in [5.41, 5.74) is 0.358. The Kier molecular flexibility index (Phi) is 3.83. The zero-order valence-corrected chi connectivity index (χ0v) is 13.1. The second-order valence-corrected chi connectivity index (χ2v) is 6.75. The molecular weight excluding hydrogens is 266 g/mol. The maximum Gasteiger partial charge on any atom is 0.309 e. The van der Waals surface area contributed by atoms with Crippen LogP contribution in [0.5, 0.6) is 0 Å². The summed E-state index contributed by atoms with van der Waals surface area (Å²) in [5, 5.41) is 12.5. The largest absolute Gasteiger partial charge is 0.481 e. The number of carboxylic acid groups (broad SMARTS) is 1. The predicted octanol–water partition coefficient (Wildman–Crippen LogP) is 3.46. The second kappa shape index (κ2) is 5.17. The Morgan fingerprint density at radius 1 is 1.24 bits per heavy atom. The molecule has 0 radical (unpaired) electrons. The third-order valence-electron chi connectivity index (χ3n) is 5.42. The molecule has 1 amide bonds. The van der Waals surface area contributed by atoms with Crippen molar-refractivity contribution >= 4 is 17.6 Å². The minimum atomic E-state index is -0.860. The predicted molar refractivity (Wildman–Crippen MR) is 82.1 cm³/mol. The highest BCUT2D eigenvalue weighted by atomic mass is 16.4. The molecule has 1 aromatic rings. The van der Waals surface area contributed by atoms with E-state index in [1.165, 1.54) is 0 Å². The molecule has 1 aliphatic carbocycles. The van der Waals surface area contributed by atoms with Crippen molar-refractivity contribution in [3.8, 4) is 0 Å². The first-order chi connectivity index (χ1) is 9.70. The first-order valence-electron chi connectivity index (χ1n) is 7.30. The average molecular weight is 289 g/mol. The number of carboxylic acids is 1. The minimum absolute atomic E-state index is 0.0840. The van der Waals surface area contributed by atoms with Crippen LogP contribution in [0.4, 0.5) is 5.69 Å². The second-order valence-electron chi connectivity index (χ2n) is 6.75. The van der Waals surface area contributed by atoms with Crippen molar-refractivity contribution < 1.29 is 14.7 Å². The number of amides is 1. The van der Waals surface area contributed by atoms with E-state index in [2.05, 4.69) is 5.32 Å². The monoisotopic (exact) mass is 289 g/mol. The Hall–Kier alpha value is -1.84. The summed E-state index contributed by atoms with van der Waals surface area (Å²) in [6, 6.07) is 7.61. The van der Waals surface area contributed by atoms with Crippen LogP contribution in [0.3, 0.4) is 0 Å². The van der Waals surface area contributed by atoms with E-state index in [0.717, 1.165) is 11.3 Å². The number of carbonyl (C=O) groups is 2. The summed E-state index contributed by atoms with van der Waals surface area (Å²) in [5.74, 6) is -1.20.